The van der Waals surface area contributed by atoms with E-state index in [1.54, 1.807) is 6.07 Å². The summed E-state index contributed by atoms with van der Waals surface area (Å²) >= 11 is 2.28. The van der Waals surface area contributed by atoms with Gasteiger partial charge in [0.2, 0.25) is 0 Å². The van der Waals surface area contributed by atoms with Gasteiger partial charge < -0.3 is 5.11 Å². The van der Waals surface area contributed by atoms with E-state index in [2.05, 4.69) is 36.4 Å². The van der Waals surface area contributed by atoms with Crippen LogP contribution >= 0.6 is 22.6 Å². The van der Waals surface area contributed by atoms with Gasteiger partial charge in [-0.05, 0) is 52.3 Å². The Labute approximate surface area is 80.6 Å². The largest absolute Gasteiger partial charge is 0.508 e. The van der Waals surface area contributed by atoms with Crippen LogP contribution in [0.4, 0.5) is 0 Å². The number of halogens is 1. The number of aromatic hydroxyl groups is 1. The van der Waals surface area contributed by atoms with E-state index >= 15 is 0 Å². The molecule has 0 aromatic heterocycles. The maximum atomic E-state index is 9.18. The molecule has 0 aliphatic carbocycles. The first kappa shape index (κ1) is 8.84. The normalized spacial score (nSPS) is 10.5. The van der Waals surface area contributed by atoms with Crippen molar-refractivity contribution in [3.8, 4) is 5.75 Å². The average molecular weight is 262 g/mol. The molecule has 0 radical (unpaired) electrons. The molecule has 0 fully saturated rings. The lowest BCUT2D eigenvalue weighted by Gasteiger charge is -2.07. The second kappa shape index (κ2) is 3.43. The van der Waals surface area contributed by atoms with E-state index in [0.717, 1.165) is 0 Å². The predicted molar refractivity (Wildman–Crippen MR) is 54.9 cm³/mol. The van der Waals surface area contributed by atoms with Gasteiger partial charge in [-0.1, -0.05) is 13.8 Å². The van der Waals surface area contributed by atoms with E-state index in [1.807, 2.05) is 12.1 Å². The molecule has 0 saturated carbocycles. The Kier molecular flexibility index (Phi) is 2.76. The third-order valence-electron chi connectivity index (χ3n) is 1.60. The van der Waals surface area contributed by atoms with Gasteiger partial charge in [-0.3, -0.25) is 0 Å². The van der Waals surface area contributed by atoms with Gasteiger partial charge in [0.25, 0.3) is 0 Å². The van der Waals surface area contributed by atoms with Crippen molar-refractivity contribution in [2.75, 3.05) is 0 Å². The SMILES string of the molecule is CC(C)c1cc(O)ccc1I. The molecule has 0 aliphatic heterocycles. The summed E-state index contributed by atoms with van der Waals surface area (Å²) in [5.74, 6) is 0.836. The molecule has 0 unspecified atom stereocenters. The summed E-state index contributed by atoms with van der Waals surface area (Å²) in [5.41, 5.74) is 1.21. The Balaban J connectivity index is 3.13. The summed E-state index contributed by atoms with van der Waals surface area (Å²) in [6.45, 7) is 4.24. The number of hydrogen-bond acceptors (Lipinski definition) is 1. The summed E-state index contributed by atoms with van der Waals surface area (Å²) < 4.78 is 1.22. The van der Waals surface area contributed by atoms with E-state index in [0.29, 0.717) is 11.7 Å². The van der Waals surface area contributed by atoms with E-state index in [4.69, 9.17) is 0 Å². The van der Waals surface area contributed by atoms with Crippen LogP contribution in [-0.4, -0.2) is 5.11 Å². The molecule has 0 aliphatic rings. The van der Waals surface area contributed by atoms with Crippen LogP contribution in [0.2, 0.25) is 0 Å². The van der Waals surface area contributed by atoms with E-state index < -0.39 is 0 Å². The molecule has 1 N–H and O–H groups in total. The van der Waals surface area contributed by atoms with Crippen LogP contribution in [0, 0.1) is 3.57 Å². The van der Waals surface area contributed by atoms with Gasteiger partial charge in [0, 0.05) is 3.57 Å². The molecule has 1 aromatic rings. The smallest absolute Gasteiger partial charge is 0.115 e. The van der Waals surface area contributed by atoms with Gasteiger partial charge >= 0.3 is 0 Å². The predicted octanol–water partition coefficient (Wildman–Crippen LogP) is 3.12. The van der Waals surface area contributed by atoms with Crippen molar-refractivity contribution in [3.05, 3.63) is 27.3 Å². The number of phenols is 1. The van der Waals surface area contributed by atoms with Gasteiger partial charge in [-0.15, -0.1) is 0 Å². The van der Waals surface area contributed by atoms with Gasteiger partial charge in [0.1, 0.15) is 5.75 Å². The van der Waals surface area contributed by atoms with E-state index in [9.17, 15) is 5.11 Å². The van der Waals surface area contributed by atoms with Gasteiger partial charge in [0.15, 0.2) is 0 Å². The summed E-state index contributed by atoms with van der Waals surface area (Å²) in [6.07, 6.45) is 0. The van der Waals surface area contributed by atoms with Gasteiger partial charge in [-0.25, -0.2) is 0 Å². The minimum absolute atomic E-state index is 0.356. The summed E-state index contributed by atoms with van der Waals surface area (Å²) in [7, 11) is 0. The Bertz CT molecular complexity index is 256. The molecular weight excluding hydrogens is 251 g/mol. The number of phenolic OH excluding ortho intramolecular Hbond substituents is 1. The summed E-state index contributed by atoms with van der Waals surface area (Å²) in [6, 6.07) is 5.48. The van der Waals surface area contributed by atoms with Crippen molar-refractivity contribution in [3.63, 3.8) is 0 Å². The van der Waals surface area contributed by atoms with Crippen molar-refractivity contribution in [1.82, 2.24) is 0 Å². The summed E-state index contributed by atoms with van der Waals surface area (Å²) in [4.78, 5) is 0. The van der Waals surface area contributed by atoms with Gasteiger partial charge in [0.05, 0.1) is 0 Å². The van der Waals surface area contributed by atoms with Gasteiger partial charge in [-0.2, -0.15) is 0 Å². The quantitative estimate of drug-likeness (QED) is 0.771. The average Bonchev–Trinajstić information content (AvgIpc) is 1.94. The number of rotatable bonds is 1. The minimum Gasteiger partial charge on any atom is -0.508 e. The lowest BCUT2D eigenvalue weighted by Crippen LogP contribution is -1.90. The highest BCUT2D eigenvalue weighted by Gasteiger charge is 2.04. The van der Waals surface area contributed by atoms with Crippen LogP contribution in [0.3, 0.4) is 0 Å². The monoisotopic (exact) mass is 262 g/mol. The number of hydrogen-bond donors (Lipinski definition) is 1. The maximum absolute atomic E-state index is 9.18. The Hall–Kier alpha value is -0.250. The minimum atomic E-state index is 0.356. The molecule has 1 aromatic carbocycles. The Morgan fingerprint density at radius 1 is 1.36 bits per heavy atom. The van der Waals surface area contributed by atoms with Crippen molar-refractivity contribution in [2.45, 2.75) is 19.8 Å². The van der Waals surface area contributed by atoms with Crippen LogP contribution in [0.1, 0.15) is 25.3 Å². The lowest BCUT2D eigenvalue weighted by molar-refractivity contribution is 0.474. The van der Waals surface area contributed by atoms with Crippen molar-refractivity contribution in [2.24, 2.45) is 0 Å². The molecule has 0 heterocycles. The zero-order valence-corrected chi connectivity index (χ0v) is 8.79. The topological polar surface area (TPSA) is 20.2 Å². The van der Waals surface area contributed by atoms with Crippen LogP contribution in [-0.2, 0) is 0 Å². The second-order valence-electron chi connectivity index (χ2n) is 2.86. The zero-order valence-electron chi connectivity index (χ0n) is 6.63. The first-order chi connectivity index (χ1) is 5.11. The lowest BCUT2D eigenvalue weighted by atomic mass is 10.0. The highest BCUT2D eigenvalue weighted by molar-refractivity contribution is 14.1. The van der Waals surface area contributed by atoms with Crippen LogP contribution in [0.5, 0.6) is 5.75 Å². The maximum Gasteiger partial charge on any atom is 0.115 e. The summed E-state index contributed by atoms with van der Waals surface area (Å²) in [5, 5.41) is 9.18. The third kappa shape index (κ3) is 2.09. The van der Waals surface area contributed by atoms with Crippen LogP contribution < -0.4 is 0 Å². The fourth-order valence-corrected chi connectivity index (χ4v) is 1.93. The molecule has 2 heteroatoms. The molecule has 1 nitrogen and oxygen atoms in total. The second-order valence-corrected chi connectivity index (χ2v) is 4.02. The first-order valence-electron chi connectivity index (χ1n) is 3.59. The third-order valence-corrected chi connectivity index (χ3v) is 2.58. The highest BCUT2D eigenvalue weighted by Crippen LogP contribution is 2.24. The molecule has 0 saturated heterocycles. The standard InChI is InChI=1S/C9H11IO/c1-6(2)8-5-7(11)3-4-9(8)10/h3-6,11H,1-2H3. The fraction of sp³-hybridized carbons (Fsp3) is 0.333. The van der Waals surface area contributed by atoms with Crippen molar-refractivity contribution < 1.29 is 5.11 Å². The highest BCUT2D eigenvalue weighted by atomic mass is 127. The van der Waals surface area contributed by atoms with E-state index in [1.165, 1.54) is 9.13 Å². The zero-order chi connectivity index (χ0) is 8.43. The van der Waals surface area contributed by atoms with Crippen LogP contribution in [0.25, 0.3) is 0 Å². The molecule has 1 rings (SSSR count). The molecule has 11 heavy (non-hydrogen) atoms. The van der Waals surface area contributed by atoms with Crippen molar-refractivity contribution >= 4 is 22.6 Å². The first-order valence-corrected chi connectivity index (χ1v) is 4.67. The molecule has 60 valence electrons. The molecule has 0 amide bonds. The fourth-order valence-electron chi connectivity index (χ4n) is 0.974. The molecule has 0 spiro atoms. The Morgan fingerprint density at radius 2 is 2.00 bits per heavy atom. The molecule has 0 atom stereocenters. The Morgan fingerprint density at radius 3 is 2.45 bits per heavy atom. The van der Waals surface area contributed by atoms with E-state index in [-0.39, 0.29) is 0 Å². The number of benzene rings is 1. The van der Waals surface area contributed by atoms with Crippen molar-refractivity contribution in [1.29, 1.82) is 0 Å². The van der Waals surface area contributed by atoms with Crippen LogP contribution in [0.15, 0.2) is 18.2 Å². The molecule has 0 bridgehead atoms. The molecular formula is C9H11IO.